The first-order valence-corrected chi connectivity index (χ1v) is 11.2. The van der Waals surface area contributed by atoms with Crippen LogP contribution in [0.1, 0.15) is 25.1 Å². The molecule has 4 heterocycles. The molecular formula is C22H20N8O3S. The molecule has 0 aliphatic rings. The van der Waals surface area contributed by atoms with Crippen molar-refractivity contribution in [3.63, 3.8) is 0 Å². The lowest BCUT2D eigenvalue weighted by atomic mass is 10.0. The monoisotopic (exact) mass is 476 g/mol. The van der Waals surface area contributed by atoms with E-state index in [9.17, 15) is 14.4 Å². The number of nitrogens with one attached hydrogen (secondary N) is 4. The van der Waals surface area contributed by atoms with Gasteiger partial charge in [-0.1, -0.05) is 24.3 Å². The number of thiazole rings is 1. The summed E-state index contributed by atoms with van der Waals surface area (Å²) in [5.74, 6) is -0.363. The third kappa shape index (κ3) is 3.94. The van der Waals surface area contributed by atoms with Crippen LogP contribution in [-0.4, -0.2) is 40.6 Å². The molecule has 0 spiro atoms. The van der Waals surface area contributed by atoms with Crippen LogP contribution in [0.15, 0.2) is 58.0 Å². The molecule has 0 saturated heterocycles. The van der Waals surface area contributed by atoms with Gasteiger partial charge in [0.25, 0.3) is 11.5 Å². The van der Waals surface area contributed by atoms with Gasteiger partial charge in [0.15, 0.2) is 10.6 Å². The average Bonchev–Trinajstić information content (AvgIpc) is 3.55. The summed E-state index contributed by atoms with van der Waals surface area (Å²) < 4.78 is 1.46. The minimum absolute atomic E-state index is 0.0517. The normalized spacial score (nSPS) is 11.7. The second-order valence-corrected chi connectivity index (χ2v) is 9.10. The number of H-pyrrole nitrogens is 3. The molecule has 34 heavy (non-hydrogen) atoms. The van der Waals surface area contributed by atoms with Gasteiger partial charge in [-0.05, 0) is 25.0 Å². The van der Waals surface area contributed by atoms with Crippen molar-refractivity contribution in [3.8, 4) is 11.1 Å². The van der Waals surface area contributed by atoms with Gasteiger partial charge >= 0.3 is 5.69 Å². The molecule has 5 rings (SSSR count). The highest BCUT2D eigenvalue weighted by atomic mass is 32.1. The summed E-state index contributed by atoms with van der Waals surface area (Å²) in [4.78, 5) is 50.0. The van der Waals surface area contributed by atoms with Gasteiger partial charge in [-0.2, -0.15) is 5.10 Å². The standard InChI is InChI=1S/C22H20N8O3S/c1-22(2,30-11-23-16-17(30)27-20(33)28-18(16)31)19(32)29-21-26-15(10-34-21)7-12-3-5-13(6-4-12)14-8-24-25-9-14/h3-6,8-11H,7H2,1-2H3,(H,24,25)(H,26,29,32)(H2,27,28,31,33). The molecule has 1 amide bonds. The van der Waals surface area contributed by atoms with E-state index in [0.717, 1.165) is 22.4 Å². The predicted octanol–water partition coefficient (Wildman–Crippen LogP) is 2.22. The smallest absolute Gasteiger partial charge is 0.302 e. The van der Waals surface area contributed by atoms with Crippen LogP contribution in [0.2, 0.25) is 0 Å². The number of benzene rings is 1. The number of carbonyl (C=O) groups excluding carboxylic acids is 1. The number of hydrogen-bond donors (Lipinski definition) is 4. The molecule has 0 radical (unpaired) electrons. The van der Waals surface area contributed by atoms with Crippen molar-refractivity contribution in [2.75, 3.05) is 5.32 Å². The Labute approximate surface area is 195 Å². The molecule has 4 aromatic heterocycles. The maximum Gasteiger partial charge on any atom is 0.327 e. The zero-order chi connectivity index (χ0) is 23.9. The number of imidazole rings is 1. The summed E-state index contributed by atoms with van der Waals surface area (Å²) in [5, 5.41) is 12.0. The molecule has 11 nitrogen and oxygen atoms in total. The summed E-state index contributed by atoms with van der Waals surface area (Å²) in [5.41, 5.74) is 1.80. The fourth-order valence-electron chi connectivity index (χ4n) is 3.60. The van der Waals surface area contributed by atoms with Gasteiger partial charge in [-0.25, -0.2) is 14.8 Å². The van der Waals surface area contributed by atoms with Gasteiger partial charge < -0.3 is 4.57 Å². The van der Waals surface area contributed by atoms with Gasteiger partial charge in [0, 0.05) is 23.6 Å². The summed E-state index contributed by atoms with van der Waals surface area (Å²) in [6, 6.07) is 8.14. The average molecular weight is 477 g/mol. The van der Waals surface area contributed by atoms with Crippen molar-refractivity contribution in [1.82, 2.24) is 34.7 Å². The number of carbonyl (C=O) groups is 1. The Morgan fingerprint density at radius 2 is 1.94 bits per heavy atom. The van der Waals surface area contributed by atoms with Crippen LogP contribution >= 0.6 is 11.3 Å². The zero-order valence-electron chi connectivity index (χ0n) is 18.2. The summed E-state index contributed by atoms with van der Waals surface area (Å²) in [6.45, 7) is 3.33. The molecule has 0 fully saturated rings. The van der Waals surface area contributed by atoms with E-state index in [-0.39, 0.29) is 17.1 Å². The van der Waals surface area contributed by atoms with Gasteiger partial charge in [-0.3, -0.25) is 30.0 Å². The Morgan fingerprint density at radius 3 is 2.68 bits per heavy atom. The second-order valence-electron chi connectivity index (χ2n) is 8.24. The Morgan fingerprint density at radius 1 is 1.15 bits per heavy atom. The van der Waals surface area contributed by atoms with Crippen LogP contribution in [0.5, 0.6) is 0 Å². The molecule has 0 bridgehead atoms. The van der Waals surface area contributed by atoms with Gasteiger partial charge in [0.05, 0.1) is 18.2 Å². The topological polar surface area (TPSA) is 154 Å². The summed E-state index contributed by atoms with van der Waals surface area (Å²) in [6.07, 6.45) is 5.59. The Hall–Kier alpha value is -4.32. The van der Waals surface area contributed by atoms with E-state index in [1.54, 1.807) is 20.0 Å². The number of anilines is 1. The van der Waals surface area contributed by atoms with E-state index < -0.39 is 16.8 Å². The number of amides is 1. The van der Waals surface area contributed by atoms with Crippen molar-refractivity contribution >= 4 is 33.5 Å². The lowest BCUT2D eigenvalue weighted by molar-refractivity contribution is -0.122. The van der Waals surface area contributed by atoms with E-state index in [0.29, 0.717) is 11.6 Å². The number of fused-ring (bicyclic) bond motifs is 1. The van der Waals surface area contributed by atoms with Crippen molar-refractivity contribution in [3.05, 3.63) is 80.5 Å². The number of aromatic amines is 3. The fourth-order valence-corrected chi connectivity index (χ4v) is 4.30. The molecule has 0 aliphatic heterocycles. The van der Waals surface area contributed by atoms with E-state index in [1.165, 1.54) is 22.2 Å². The van der Waals surface area contributed by atoms with Crippen LogP contribution in [0.4, 0.5) is 5.13 Å². The van der Waals surface area contributed by atoms with Crippen molar-refractivity contribution in [2.24, 2.45) is 0 Å². The molecule has 0 saturated carbocycles. The van der Waals surface area contributed by atoms with Crippen LogP contribution in [-0.2, 0) is 16.8 Å². The first kappa shape index (κ1) is 21.5. The van der Waals surface area contributed by atoms with Gasteiger partial charge in [0.2, 0.25) is 0 Å². The van der Waals surface area contributed by atoms with Gasteiger partial charge in [0.1, 0.15) is 11.2 Å². The molecule has 12 heteroatoms. The molecule has 0 atom stereocenters. The largest absolute Gasteiger partial charge is 0.327 e. The highest BCUT2D eigenvalue weighted by Gasteiger charge is 2.32. The molecule has 5 aromatic rings. The first-order valence-electron chi connectivity index (χ1n) is 10.4. The van der Waals surface area contributed by atoms with Crippen molar-refractivity contribution in [1.29, 1.82) is 0 Å². The van der Waals surface area contributed by atoms with Crippen LogP contribution in [0, 0.1) is 0 Å². The summed E-state index contributed by atoms with van der Waals surface area (Å²) in [7, 11) is 0. The first-order chi connectivity index (χ1) is 16.3. The predicted molar refractivity (Wildman–Crippen MR) is 128 cm³/mol. The molecule has 0 unspecified atom stereocenters. The Kier molecular flexibility index (Phi) is 5.21. The molecular weight excluding hydrogens is 456 g/mol. The number of hydrogen-bond acceptors (Lipinski definition) is 7. The lowest BCUT2D eigenvalue weighted by Gasteiger charge is -2.25. The van der Waals surface area contributed by atoms with E-state index >= 15 is 0 Å². The minimum Gasteiger partial charge on any atom is -0.302 e. The third-order valence-electron chi connectivity index (χ3n) is 5.54. The van der Waals surface area contributed by atoms with Crippen LogP contribution < -0.4 is 16.6 Å². The molecule has 172 valence electrons. The van der Waals surface area contributed by atoms with Crippen LogP contribution in [0.25, 0.3) is 22.3 Å². The second kappa shape index (κ2) is 8.23. The van der Waals surface area contributed by atoms with E-state index in [1.807, 2.05) is 35.8 Å². The number of rotatable bonds is 6. The highest BCUT2D eigenvalue weighted by molar-refractivity contribution is 7.13. The van der Waals surface area contributed by atoms with Gasteiger partial charge in [-0.15, -0.1) is 11.3 Å². The molecule has 4 N–H and O–H groups in total. The fraction of sp³-hybridized carbons (Fsp3) is 0.182. The maximum atomic E-state index is 13.1. The van der Waals surface area contributed by atoms with Crippen LogP contribution in [0.3, 0.4) is 0 Å². The Balaban J connectivity index is 1.31. The van der Waals surface area contributed by atoms with E-state index in [4.69, 9.17) is 0 Å². The highest BCUT2D eigenvalue weighted by Crippen LogP contribution is 2.25. The SMILES string of the molecule is CC(C)(C(=O)Nc1nc(Cc2ccc(-c3cn[nH]c3)cc2)cs1)n1cnc2c(=O)[nH]c(=O)[nH]c21. The lowest BCUT2D eigenvalue weighted by Crippen LogP contribution is -2.40. The van der Waals surface area contributed by atoms with E-state index in [2.05, 4.69) is 35.5 Å². The Bertz CT molecular complexity index is 1590. The number of aromatic nitrogens is 7. The molecule has 0 aliphatic carbocycles. The quantitative estimate of drug-likeness (QED) is 0.295. The zero-order valence-corrected chi connectivity index (χ0v) is 19.1. The minimum atomic E-state index is -1.15. The number of nitrogens with zero attached hydrogens (tertiary/aromatic N) is 4. The maximum absolute atomic E-state index is 13.1. The van der Waals surface area contributed by atoms with Crippen molar-refractivity contribution in [2.45, 2.75) is 25.8 Å². The summed E-state index contributed by atoms with van der Waals surface area (Å²) >= 11 is 1.33. The molecule has 1 aromatic carbocycles. The van der Waals surface area contributed by atoms with Crippen molar-refractivity contribution < 1.29 is 4.79 Å². The third-order valence-corrected chi connectivity index (χ3v) is 6.35.